The standard InChI is InChI=1S/C20H28N4O5S/c1-4-17(13-25)23-9-11-24(12-10-23)30(27,28)18-7-5-16(6-8-18)20(26)21-19-14(2)22-29-15(19)3/h5-8,17,25H,4,9-13H2,1-3H3,(H,21,26)/t17-/m1/s1. The van der Waals surface area contributed by atoms with Crippen LogP contribution in [0.1, 0.15) is 35.2 Å². The molecule has 1 aromatic heterocycles. The Labute approximate surface area is 176 Å². The Bertz CT molecular complexity index is 956. The molecule has 10 heteroatoms. The van der Waals surface area contributed by atoms with Crippen LogP contribution in [0, 0.1) is 13.8 Å². The van der Waals surface area contributed by atoms with Gasteiger partial charge in [-0.3, -0.25) is 9.69 Å². The van der Waals surface area contributed by atoms with Gasteiger partial charge in [0.25, 0.3) is 5.91 Å². The van der Waals surface area contributed by atoms with Crippen LogP contribution < -0.4 is 5.32 Å². The second kappa shape index (κ2) is 9.25. The molecule has 30 heavy (non-hydrogen) atoms. The Morgan fingerprint density at radius 2 is 1.83 bits per heavy atom. The number of benzene rings is 1. The van der Waals surface area contributed by atoms with E-state index in [1.54, 1.807) is 13.8 Å². The molecule has 2 heterocycles. The van der Waals surface area contributed by atoms with Crippen LogP contribution in [0.15, 0.2) is 33.7 Å². The smallest absolute Gasteiger partial charge is 0.255 e. The molecule has 1 saturated heterocycles. The van der Waals surface area contributed by atoms with Gasteiger partial charge in [0.15, 0.2) is 5.76 Å². The first-order chi connectivity index (χ1) is 14.3. The lowest BCUT2D eigenvalue weighted by Crippen LogP contribution is -2.52. The number of hydrogen-bond donors (Lipinski definition) is 2. The van der Waals surface area contributed by atoms with Crippen molar-refractivity contribution in [3.63, 3.8) is 0 Å². The maximum Gasteiger partial charge on any atom is 0.255 e. The van der Waals surface area contributed by atoms with Gasteiger partial charge < -0.3 is 14.9 Å². The summed E-state index contributed by atoms with van der Waals surface area (Å²) in [5.41, 5.74) is 1.43. The third-order valence-corrected chi connectivity index (χ3v) is 7.41. The molecule has 0 saturated carbocycles. The first kappa shape index (κ1) is 22.4. The van der Waals surface area contributed by atoms with Crippen molar-refractivity contribution in [2.24, 2.45) is 0 Å². The third-order valence-electron chi connectivity index (χ3n) is 5.50. The quantitative estimate of drug-likeness (QED) is 0.677. The first-order valence-corrected chi connectivity index (χ1v) is 11.4. The molecule has 1 aliphatic heterocycles. The fourth-order valence-electron chi connectivity index (χ4n) is 3.59. The maximum atomic E-state index is 13.0. The zero-order valence-electron chi connectivity index (χ0n) is 17.5. The second-order valence-electron chi connectivity index (χ2n) is 7.36. The zero-order valence-corrected chi connectivity index (χ0v) is 18.3. The van der Waals surface area contributed by atoms with Gasteiger partial charge in [-0.1, -0.05) is 12.1 Å². The largest absolute Gasteiger partial charge is 0.395 e. The minimum absolute atomic E-state index is 0.0605. The van der Waals surface area contributed by atoms with Crippen LogP contribution in [0.2, 0.25) is 0 Å². The minimum Gasteiger partial charge on any atom is -0.395 e. The van der Waals surface area contributed by atoms with Crippen LogP contribution in [0.3, 0.4) is 0 Å². The van der Waals surface area contributed by atoms with Crippen molar-refractivity contribution in [1.82, 2.24) is 14.4 Å². The van der Waals surface area contributed by atoms with Gasteiger partial charge in [-0.25, -0.2) is 8.42 Å². The number of rotatable bonds is 7. The Morgan fingerprint density at radius 3 is 2.33 bits per heavy atom. The van der Waals surface area contributed by atoms with Gasteiger partial charge in [0.05, 0.1) is 11.5 Å². The van der Waals surface area contributed by atoms with E-state index in [2.05, 4.69) is 15.4 Å². The van der Waals surface area contributed by atoms with Crippen LogP contribution in [-0.2, 0) is 10.0 Å². The Morgan fingerprint density at radius 1 is 1.20 bits per heavy atom. The predicted octanol–water partition coefficient (Wildman–Crippen LogP) is 1.62. The fourth-order valence-corrected chi connectivity index (χ4v) is 5.01. The molecular weight excluding hydrogens is 408 g/mol. The molecular formula is C20H28N4O5S. The maximum absolute atomic E-state index is 13.0. The summed E-state index contributed by atoms with van der Waals surface area (Å²) in [7, 11) is -3.64. The van der Waals surface area contributed by atoms with E-state index in [0.29, 0.717) is 48.9 Å². The lowest BCUT2D eigenvalue weighted by molar-refractivity contribution is 0.0881. The van der Waals surface area contributed by atoms with E-state index < -0.39 is 10.0 Å². The number of aryl methyl sites for hydroxylation is 2. The van der Waals surface area contributed by atoms with Gasteiger partial charge in [-0.2, -0.15) is 4.31 Å². The van der Waals surface area contributed by atoms with Gasteiger partial charge in [0, 0.05) is 37.8 Å². The second-order valence-corrected chi connectivity index (χ2v) is 9.30. The van der Waals surface area contributed by atoms with Crippen molar-refractivity contribution in [1.29, 1.82) is 0 Å². The number of nitrogens with zero attached hydrogens (tertiary/aromatic N) is 3. The van der Waals surface area contributed by atoms with Gasteiger partial charge in [-0.15, -0.1) is 0 Å². The van der Waals surface area contributed by atoms with Crippen molar-refractivity contribution in [3.05, 3.63) is 41.3 Å². The number of amides is 1. The summed E-state index contributed by atoms with van der Waals surface area (Å²) in [6, 6.07) is 5.95. The van der Waals surface area contributed by atoms with E-state index in [1.165, 1.54) is 28.6 Å². The average Bonchev–Trinajstić information content (AvgIpc) is 3.07. The van der Waals surface area contributed by atoms with E-state index in [-0.39, 0.29) is 23.5 Å². The first-order valence-electron chi connectivity index (χ1n) is 9.97. The van der Waals surface area contributed by atoms with Crippen molar-refractivity contribution in [3.8, 4) is 0 Å². The molecule has 2 N–H and O–H groups in total. The number of hydrogen-bond acceptors (Lipinski definition) is 7. The van der Waals surface area contributed by atoms with Crippen molar-refractivity contribution < 1.29 is 22.8 Å². The summed E-state index contributed by atoms with van der Waals surface area (Å²) < 4.78 is 32.4. The summed E-state index contributed by atoms with van der Waals surface area (Å²) in [5.74, 6) is 0.141. The highest BCUT2D eigenvalue weighted by Crippen LogP contribution is 2.22. The molecule has 2 aromatic rings. The monoisotopic (exact) mass is 436 g/mol. The van der Waals surface area contributed by atoms with Crippen molar-refractivity contribution in [2.45, 2.75) is 38.1 Å². The molecule has 0 spiro atoms. The Kier molecular flexibility index (Phi) is 6.91. The van der Waals surface area contributed by atoms with E-state index in [1.807, 2.05) is 6.92 Å². The number of aliphatic hydroxyl groups excluding tert-OH is 1. The minimum atomic E-state index is -3.64. The van der Waals surface area contributed by atoms with Crippen molar-refractivity contribution in [2.75, 3.05) is 38.1 Å². The number of nitrogens with one attached hydrogen (secondary N) is 1. The van der Waals surface area contributed by atoms with Crippen LogP contribution in [0.5, 0.6) is 0 Å². The van der Waals surface area contributed by atoms with E-state index in [0.717, 1.165) is 6.42 Å². The van der Waals surface area contributed by atoms with E-state index in [9.17, 15) is 18.3 Å². The van der Waals surface area contributed by atoms with Gasteiger partial charge in [0.1, 0.15) is 11.4 Å². The number of carbonyl (C=O) groups is 1. The topological polar surface area (TPSA) is 116 Å². The van der Waals surface area contributed by atoms with Gasteiger partial charge in [-0.05, 0) is 44.5 Å². The number of sulfonamides is 1. The molecule has 164 valence electrons. The SMILES string of the molecule is CC[C@H](CO)N1CCN(S(=O)(=O)c2ccc(C(=O)Nc3c(C)noc3C)cc2)CC1. The highest BCUT2D eigenvalue weighted by Gasteiger charge is 2.30. The lowest BCUT2D eigenvalue weighted by Gasteiger charge is -2.37. The molecule has 1 aliphatic rings. The molecule has 0 aliphatic carbocycles. The molecule has 1 fully saturated rings. The predicted molar refractivity (Wildman–Crippen MR) is 112 cm³/mol. The highest BCUT2D eigenvalue weighted by molar-refractivity contribution is 7.89. The normalized spacial score (nSPS) is 17.1. The summed E-state index contributed by atoms with van der Waals surface area (Å²) in [6.45, 7) is 7.40. The number of aromatic nitrogens is 1. The fraction of sp³-hybridized carbons (Fsp3) is 0.500. The van der Waals surface area contributed by atoms with Gasteiger partial charge in [0.2, 0.25) is 10.0 Å². The molecule has 1 atom stereocenters. The van der Waals surface area contributed by atoms with E-state index in [4.69, 9.17) is 4.52 Å². The molecule has 1 aromatic carbocycles. The number of anilines is 1. The highest BCUT2D eigenvalue weighted by atomic mass is 32.2. The molecule has 1 amide bonds. The Balaban J connectivity index is 1.67. The average molecular weight is 437 g/mol. The summed E-state index contributed by atoms with van der Waals surface area (Å²) in [6.07, 6.45) is 0.820. The number of carbonyl (C=O) groups excluding carboxylic acids is 1. The third kappa shape index (κ3) is 4.56. The number of piperazine rings is 1. The summed E-state index contributed by atoms with van der Waals surface area (Å²) in [5, 5.41) is 16.0. The Hall–Kier alpha value is -2.27. The van der Waals surface area contributed by atoms with Crippen molar-refractivity contribution >= 4 is 21.6 Å². The molecule has 9 nitrogen and oxygen atoms in total. The summed E-state index contributed by atoms with van der Waals surface area (Å²) in [4.78, 5) is 14.7. The molecule has 0 radical (unpaired) electrons. The molecule has 0 unspecified atom stereocenters. The van der Waals surface area contributed by atoms with Crippen LogP contribution in [-0.4, -0.2) is 72.6 Å². The summed E-state index contributed by atoms with van der Waals surface area (Å²) >= 11 is 0. The molecule has 0 bridgehead atoms. The lowest BCUT2D eigenvalue weighted by atomic mass is 10.2. The van der Waals surface area contributed by atoms with Crippen LogP contribution in [0.25, 0.3) is 0 Å². The van der Waals surface area contributed by atoms with E-state index >= 15 is 0 Å². The zero-order chi connectivity index (χ0) is 21.9. The van der Waals surface area contributed by atoms with Gasteiger partial charge >= 0.3 is 0 Å². The van der Waals surface area contributed by atoms with Crippen LogP contribution >= 0.6 is 0 Å². The molecule has 3 rings (SSSR count). The van der Waals surface area contributed by atoms with Crippen LogP contribution in [0.4, 0.5) is 5.69 Å². The number of aliphatic hydroxyl groups is 1.